The molecule has 96 valence electrons. The van der Waals surface area contributed by atoms with E-state index in [-0.39, 0.29) is 0 Å². The lowest BCUT2D eigenvalue weighted by atomic mass is 10.1. The summed E-state index contributed by atoms with van der Waals surface area (Å²) in [5.74, 6) is 0.429. The van der Waals surface area contributed by atoms with Crippen molar-refractivity contribution >= 4 is 37.3 Å². The van der Waals surface area contributed by atoms with Gasteiger partial charge in [0, 0.05) is 13.6 Å². The molecule has 0 aromatic carbocycles. The topological polar surface area (TPSA) is 49.4 Å². The molecule has 2 heterocycles. The Balaban J connectivity index is 2.09. The van der Waals surface area contributed by atoms with Gasteiger partial charge in [0.15, 0.2) is 0 Å². The lowest BCUT2D eigenvalue weighted by molar-refractivity contribution is 0.400. The minimum absolute atomic E-state index is 0.401. The second-order valence-electron chi connectivity index (χ2n) is 4.20. The highest BCUT2D eigenvalue weighted by molar-refractivity contribution is 9.11. The van der Waals surface area contributed by atoms with Gasteiger partial charge in [0.1, 0.15) is 4.21 Å². The second-order valence-corrected chi connectivity index (χ2v) is 8.94. The summed E-state index contributed by atoms with van der Waals surface area (Å²) in [7, 11) is -1.66. The molecule has 1 aliphatic rings. The largest absolute Gasteiger partial charge is 0.316 e. The van der Waals surface area contributed by atoms with Crippen LogP contribution in [0.3, 0.4) is 0 Å². The number of sulfonamides is 1. The molecule has 7 heteroatoms. The normalized spacial score (nSPS) is 21.2. The summed E-state index contributed by atoms with van der Waals surface area (Å²) < 4.78 is 27.2. The fourth-order valence-electron chi connectivity index (χ4n) is 1.92. The van der Waals surface area contributed by atoms with Crippen LogP contribution in [0.25, 0.3) is 0 Å². The molecular formula is C10H15BrN2O2S2. The molecule has 1 aliphatic heterocycles. The second kappa shape index (κ2) is 5.36. The molecule has 0 unspecified atom stereocenters. The Bertz CT molecular complexity index is 480. The van der Waals surface area contributed by atoms with Crippen LogP contribution in [0.1, 0.15) is 6.42 Å². The number of rotatable bonds is 4. The van der Waals surface area contributed by atoms with Gasteiger partial charge >= 0.3 is 0 Å². The SMILES string of the molecule is CN(C[C@H]1CCNC1)S(=O)(=O)c1ccc(Br)s1. The van der Waals surface area contributed by atoms with Gasteiger partial charge in [-0.05, 0) is 53.5 Å². The van der Waals surface area contributed by atoms with Crippen LogP contribution in [0, 0.1) is 5.92 Å². The van der Waals surface area contributed by atoms with Crippen molar-refractivity contribution in [3.63, 3.8) is 0 Å². The summed E-state index contributed by atoms with van der Waals surface area (Å²) >= 11 is 4.54. The maximum absolute atomic E-state index is 12.2. The number of nitrogens with one attached hydrogen (secondary N) is 1. The molecule has 2 rings (SSSR count). The molecule has 0 saturated carbocycles. The van der Waals surface area contributed by atoms with Crippen LogP contribution in [0.4, 0.5) is 0 Å². The molecule has 1 N–H and O–H groups in total. The summed E-state index contributed by atoms with van der Waals surface area (Å²) in [6, 6.07) is 3.41. The van der Waals surface area contributed by atoms with Gasteiger partial charge in [-0.25, -0.2) is 8.42 Å². The fraction of sp³-hybridized carbons (Fsp3) is 0.600. The van der Waals surface area contributed by atoms with Crippen molar-refractivity contribution in [3.8, 4) is 0 Å². The average molecular weight is 339 g/mol. The number of thiophene rings is 1. The van der Waals surface area contributed by atoms with E-state index in [1.165, 1.54) is 15.6 Å². The minimum Gasteiger partial charge on any atom is -0.316 e. The van der Waals surface area contributed by atoms with Crippen molar-refractivity contribution in [3.05, 3.63) is 15.9 Å². The van der Waals surface area contributed by atoms with E-state index < -0.39 is 10.0 Å². The summed E-state index contributed by atoms with van der Waals surface area (Å²) in [5, 5.41) is 3.25. The van der Waals surface area contributed by atoms with Gasteiger partial charge in [-0.2, -0.15) is 4.31 Å². The first kappa shape index (κ1) is 13.5. The van der Waals surface area contributed by atoms with Crippen LogP contribution in [-0.4, -0.2) is 39.4 Å². The number of hydrogen-bond donors (Lipinski definition) is 1. The van der Waals surface area contributed by atoms with Gasteiger partial charge in [-0.3, -0.25) is 0 Å². The van der Waals surface area contributed by atoms with Crippen molar-refractivity contribution in [2.45, 2.75) is 10.6 Å². The molecule has 4 nitrogen and oxygen atoms in total. The van der Waals surface area contributed by atoms with Crippen LogP contribution in [0.5, 0.6) is 0 Å². The molecule has 17 heavy (non-hydrogen) atoms. The molecule has 0 bridgehead atoms. The molecule has 0 spiro atoms. The van der Waals surface area contributed by atoms with Crippen LogP contribution in [0.2, 0.25) is 0 Å². The van der Waals surface area contributed by atoms with Crippen LogP contribution < -0.4 is 5.32 Å². The molecule has 1 saturated heterocycles. The monoisotopic (exact) mass is 338 g/mol. The smallest absolute Gasteiger partial charge is 0.252 e. The van der Waals surface area contributed by atoms with E-state index in [1.807, 2.05) is 0 Å². The zero-order valence-electron chi connectivity index (χ0n) is 9.52. The molecule has 1 atom stereocenters. The van der Waals surface area contributed by atoms with E-state index >= 15 is 0 Å². The van der Waals surface area contributed by atoms with Gasteiger partial charge in [0.05, 0.1) is 3.79 Å². The molecule has 1 fully saturated rings. The third-order valence-corrected chi connectivity index (χ3v) is 6.81. The van der Waals surface area contributed by atoms with Crippen molar-refractivity contribution in [1.29, 1.82) is 0 Å². The van der Waals surface area contributed by atoms with Crippen LogP contribution >= 0.6 is 27.3 Å². The molecular weight excluding hydrogens is 324 g/mol. The van der Waals surface area contributed by atoms with Crippen molar-refractivity contribution in [2.24, 2.45) is 5.92 Å². The molecule has 0 radical (unpaired) electrons. The van der Waals surface area contributed by atoms with Gasteiger partial charge in [0.25, 0.3) is 10.0 Å². The maximum atomic E-state index is 12.2. The van der Waals surface area contributed by atoms with E-state index in [9.17, 15) is 8.42 Å². The Kier molecular flexibility index (Phi) is 4.25. The zero-order valence-corrected chi connectivity index (χ0v) is 12.7. The van der Waals surface area contributed by atoms with Gasteiger partial charge in [-0.15, -0.1) is 11.3 Å². The fourth-order valence-corrected chi connectivity index (χ4v) is 5.39. The predicted molar refractivity (Wildman–Crippen MR) is 72.8 cm³/mol. The quantitative estimate of drug-likeness (QED) is 0.909. The zero-order chi connectivity index (χ0) is 12.5. The lowest BCUT2D eigenvalue weighted by Crippen LogP contribution is -2.32. The first-order valence-electron chi connectivity index (χ1n) is 5.42. The van der Waals surface area contributed by atoms with Crippen molar-refractivity contribution in [1.82, 2.24) is 9.62 Å². The first-order chi connectivity index (χ1) is 8.00. The Morgan fingerprint density at radius 1 is 1.59 bits per heavy atom. The molecule has 0 aliphatic carbocycles. The van der Waals surface area contributed by atoms with Crippen molar-refractivity contribution in [2.75, 3.05) is 26.7 Å². The summed E-state index contributed by atoms with van der Waals surface area (Å²) in [4.78, 5) is 0. The molecule has 1 aromatic heterocycles. The molecule has 0 amide bonds. The Labute approximate surface area is 114 Å². The maximum Gasteiger partial charge on any atom is 0.252 e. The van der Waals surface area contributed by atoms with Crippen LogP contribution in [0.15, 0.2) is 20.1 Å². The van der Waals surface area contributed by atoms with Gasteiger partial charge < -0.3 is 5.32 Å². The first-order valence-corrected chi connectivity index (χ1v) is 8.47. The Morgan fingerprint density at radius 3 is 2.88 bits per heavy atom. The third kappa shape index (κ3) is 3.08. The van der Waals surface area contributed by atoms with Crippen LogP contribution in [-0.2, 0) is 10.0 Å². The van der Waals surface area contributed by atoms with Gasteiger partial charge in [0.2, 0.25) is 0 Å². The summed E-state index contributed by atoms with van der Waals surface area (Å²) in [5.41, 5.74) is 0. The Morgan fingerprint density at radius 2 is 2.35 bits per heavy atom. The van der Waals surface area contributed by atoms with E-state index in [0.717, 1.165) is 23.3 Å². The van der Waals surface area contributed by atoms with Crippen molar-refractivity contribution < 1.29 is 8.42 Å². The van der Waals surface area contributed by atoms with Gasteiger partial charge in [-0.1, -0.05) is 0 Å². The van der Waals surface area contributed by atoms with E-state index in [0.29, 0.717) is 16.7 Å². The average Bonchev–Trinajstić information content (AvgIpc) is 2.89. The third-order valence-electron chi connectivity index (χ3n) is 2.89. The highest BCUT2D eigenvalue weighted by Gasteiger charge is 2.26. The number of hydrogen-bond acceptors (Lipinski definition) is 4. The van der Waals surface area contributed by atoms with E-state index in [1.54, 1.807) is 19.2 Å². The number of nitrogens with zero attached hydrogens (tertiary/aromatic N) is 1. The number of halogens is 1. The molecule has 1 aromatic rings. The highest BCUT2D eigenvalue weighted by atomic mass is 79.9. The van der Waals surface area contributed by atoms with E-state index in [2.05, 4.69) is 21.2 Å². The predicted octanol–water partition coefficient (Wildman–Crippen LogP) is 1.74. The minimum atomic E-state index is -3.31. The van der Waals surface area contributed by atoms with E-state index in [4.69, 9.17) is 0 Å². The highest BCUT2D eigenvalue weighted by Crippen LogP contribution is 2.28. The standard InChI is InChI=1S/C10H15BrN2O2S2/c1-13(7-8-4-5-12-6-8)17(14,15)10-3-2-9(11)16-10/h2-3,8,12H,4-7H2,1H3/t8-/m0/s1. The Hall–Kier alpha value is 0.0500. The summed E-state index contributed by atoms with van der Waals surface area (Å²) in [6.07, 6.45) is 1.05. The summed E-state index contributed by atoms with van der Waals surface area (Å²) in [6.45, 7) is 2.49. The lowest BCUT2D eigenvalue weighted by Gasteiger charge is -2.19.